The van der Waals surface area contributed by atoms with Gasteiger partial charge in [-0.25, -0.2) is 4.98 Å². The van der Waals surface area contributed by atoms with Crippen LogP contribution >= 0.6 is 0 Å². The molecule has 2 aromatic rings. The Morgan fingerprint density at radius 2 is 2.00 bits per heavy atom. The quantitative estimate of drug-likeness (QED) is 0.526. The Bertz CT molecular complexity index is 332. The Hall–Kier alpha value is -1.42. The number of rotatable bonds is 2. The van der Waals surface area contributed by atoms with Crippen LogP contribution in [0.1, 0.15) is 5.82 Å². The maximum absolute atomic E-state index is 4.02. The molecule has 5 heteroatoms. The van der Waals surface area contributed by atoms with Gasteiger partial charge in [0.2, 0.25) is 6.54 Å². The van der Waals surface area contributed by atoms with Crippen molar-refractivity contribution in [3.8, 4) is 0 Å². The molecule has 0 amide bonds. The van der Waals surface area contributed by atoms with E-state index in [2.05, 4.69) is 15.2 Å². The fourth-order valence-corrected chi connectivity index (χ4v) is 1.02. The van der Waals surface area contributed by atoms with E-state index in [0.717, 1.165) is 12.4 Å². The van der Waals surface area contributed by atoms with Gasteiger partial charge in [0.1, 0.15) is 6.33 Å². The summed E-state index contributed by atoms with van der Waals surface area (Å²) in [5.41, 5.74) is 0. The molecule has 0 fully saturated rings. The zero-order valence-corrected chi connectivity index (χ0v) is 7.65. The summed E-state index contributed by atoms with van der Waals surface area (Å²) in [6, 6.07) is 5.95. The second kappa shape index (κ2) is 4.57. The summed E-state index contributed by atoms with van der Waals surface area (Å²) < 4.78 is 2.03. The van der Waals surface area contributed by atoms with Crippen molar-refractivity contribution in [2.75, 3.05) is 0 Å². The maximum Gasteiger partial charge on any atom is 0.207 e. The standard InChI is InChI=1S/C8H9N4.ClH/c1-2-4-12(5-3-1)6-8-9-7-10-11-8;/h1-5,7H,6H2,(H,9,10,11);1H/q+1;/p-1. The van der Waals surface area contributed by atoms with Gasteiger partial charge in [0.25, 0.3) is 0 Å². The van der Waals surface area contributed by atoms with Crippen LogP contribution in [0.2, 0.25) is 0 Å². The summed E-state index contributed by atoms with van der Waals surface area (Å²) in [4.78, 5) is 4.02. The van der Waals surface area contributed by atoms with Crippen molar-refractivity contribution in [2.24, 2.45) is 0 Å². The van der Waals surface area contributed by atoms with Gasteiger partial charge in [-0.3, -0.25) is 5.10 Å². The van der Waals surface area contributed by atoms with Crippen LogP contribution < -0.4 is 17.0 Å². The minimum atomic E-state index is 0. The lowest BCUT2D eigenvalue weighted by Gasteiger charge is -1.90. The third kappa shape index (κ3) is 2.52. The van der Waals surface area contributed by atoms with E-state index >= 15 is 0 Å². The first kappa shape index (κ1) is 9.67. The monoisotopic (exact) mass is 196 g/mol. The van der Waals surface area contributed by atoms with E-state index in [4.69, 9.17) is 0 Å². The van der Waals surface area contributed by atoms with Crippen LogP contribution in [-0.2, 0) is 6.54 Å². The van der Waals surface area contributed by atoms with Gasteiger partial charge < -0.3 is 12.4 Å². The number of H-pyrrole nitrogens is 1. The second-order valence-electron chi connectivity index (χ2n) is 2.48. The van der Waals surface area contributed by atoms with Crippen molar-refractivity contribution in [1.29, 1.82) is 0 Å². The first-order chi connectivity index (χ1) is 5.95. The van der Waals surface area contributed by atoms with E-state index in [1.807, 2.05) is 35.2 Å². The summed E-state index contributed by atoms with van der Waals surface area (Å²) in [7, 11) is 0. The molecule has 68 valence electrons. The van der Waals surface area contributed by atoms with Gasteiger partial charge in [0.15, 0.2) is 18.2 Å². The minimum absolute atomic E-state index is 0. The van der Waals surface area contributed by atoms with Crippen molar-refractivity contribution < 1.29 is 17.0 Å². The molecule has 0 saturated heterocycles. The zero-order valence-electron chi connectivity index (χ0n) is 6.89. The van der Waals surface area contributed by atoms with E-state index in [-0.39, 0.29) is 12.4 Å². The Balaban J connectivity index is 0.000000845. The van der Waals surface area contributed by atoms with Gasteiger partial charge in [0.05, 0.1) is 0 Å². The Labute approximate surface area is 82.1 Å². The topological polar surface area (TPSA) is 45.5 Å². The molecule has 0 saturated carbocycles. The smallest absolute Gasteiger partial charge is 0.207 e. The molecule has 2 rings (SSSR count). The van der Waals surface area contributed by atoms with E-state index in [9.17, 15) is 0 Å². The third-order valence-electron chi connectivity index (χ3n) is 1.57. The van der Waals surface area contributed by atoms with E-state index in [1.54, 1.807) is 0 Å². The molecule has 0 aliphatic rings. The van der Waals surface area contributed by atoms with E-state index in [1.165, 1.54) is 6.33 Å². The summed E-state index contributed by atoms with van der Waals surface area (Å²) in [6.07, 6.45) is 5.49. The molecule has 0 aromatic carbocycles. The Morgan fingerprint density at radius 1 is 1.23 bits per heavy atom. The third-order valence-corrected chi connectivity index (χ3v) is 1.57. The van der Waals surface area contributed by atoms with Gasteiger partial charge in [-0.2, -0.15) is 9.67 Å². The number of hydrogen-bond acceptors (Lipinski definition) is 2. The minimum Gasteiger partial charge on any atom is -1.00 e. The van der Waals surface area contributed by atoms with Crippen LogP contribution in [-0.4, -0.2) is 15.2 Å². The van der Waals surface area contributed by atoms with Gasteiger partial charge in [-0.15, -0.1) is 0 Å². The lowest BCUT2D eigenvalue weighted by Crippen LogP contribution is -3.00. The number of halogens is 1. The number of aromatic nitrogens is 4. The molecule has 0 bridgehead atoms. The van der Waals surface area contributed by atoms with Crippen LogP contribution in [0.15, 0.2) is 36.9 Å². The average Bonchev–Trinajstić information content (AvgIpc) is 2.59. The summed E-state index contributed by atoms with van der Waals surface area (Å²) in [5.74, 6) is 0.867. The lowest BCUT2D eigenvalue weighted by molar-refractivity contribution is -0.689. The predicted molar refractivity (Wildman–Crippen MR) is 42.1 cm³/mol. The second-order valence-corrected chi connectivity index (χ2v) is 2.48. The zero-order chi connectivity index (χ0) is 8.23. The molecule has 0 unspecified atom stereocenters. The molecular formula is C8H9ClN4. The van der Waals surface area contributed by atoms with E-state index in [0.29, 0.717) is 0 Å². The molecule has 0 atom stereocenters. The fraction of sp³-hybridized carbons (Fsp3) is 0.125. The maximum atomic E-state index is 4.02. The van der Waals surface area contributed by atoms with Crippen molar-refractivity contribution in [1.82, 2.24) is 15.2 Å². The van der Waals surface area contributed by atoms with Crippen molar-refractivity contribution in [2.45, 2.75) is 6.54 Å². The fourth-order valence-electron chi connectivity index (χ4n) is 1.02. The summed E-state index contributed by atoms with van der Waals surface area (Å²) in [5, 5.41) is 6.57. The summed E-state index contributed by atoms with van der Waals surface area (Å²) >= 11 is 0. The Morgan fingerprint density at radius 3 is 2.62 bits per heavy atom. The molecule has 2 aromatic heterocycles. The van der Waals surface area contributed by atoms with E-state index < -0.39 is 0 Å². The predicted octanol–water partition coefficient (Wildman–Crippen LogP) is -2.86. The van der Waals surface area contributed by atoms with Crippen molar-refractivity contribution >= 4 is 0 Å². The van der Waals surface area contributed by atoms with Crippen LogP contribution in [0.5, 0.6) is 0 Å². The lowest BCUT2D eigenvalue weighted by atomic mass is 10.4. The molecular weight excluding hydrogens is 188 g/mol. The largest absolute Gasteiger partial charge is 1.00 e. The number of nitrogens with zero attached hydrogens (tertiary/aromatic N) is 3. The Kier molecular flexibility index (Phi) is 3.40. The highest BCUT2D eigenvalue weighted by Crippen LogP contribution is 1.84. The van der Waals surface area contributed by atoms with Gasteiger partial charge in [-0.05, 0) is 0 Å². The number of nitrogens with one attached hydrogen (secondary N) is 1. The molecule has 0 aliphatic carbocycles. The molecule has 0 radical (unpaired) electrons. The summed E-state index contributed by atoms with van der Waals surface area (Å²) in [6.45, 7) is 0.737. The SMILES string of the molecule is [Cl-].c1cc[n+](Cc2ncn[nH]2)cc1. The van der Waals surface area contributed by atoms with Crippen LogP contribution in [0.3, 0.4) is 0 Å². The molecule has 4 nitrogen and oxygen atoms in total. The van der Waals surface area contributed by atoms with Crippen molar-refractivity contribution in [3.63, 3.8) is 0 Å². The molecule has 0 spiro atoms. The highest BCUT2D eigenvalue weighted by molar-refractivity contribution is 4.84. The number of pyridine rings is 1. The van der Waals surface area contributed by atoms with Gasteiger partial charge in [0, 0.05) is 12.1 Å². The first-order valence-corrected chi connectivity index (χ1v) is 3.73. The van der Waals surface area contributed by atoms with Crippen molar-refractivity contribution in [3.05, 3.63) is 42.7 Å². The highest BCUT2D eigenvalue weighted by atomic mass is 35.5. The number of hydrogen-bond donors (Lipinski definition) is 1. The molecule has 0 aliphatic heterocycles. The molecule has 1 N–H and O–H groups in total. The van der Waals surface area contributed by atoms with Gasteiger partial charge >= 0.3 is 0 Å². The first-order valence-electron chi connectivity index (χ1n) is 3.73. The number of aromatic amines is 1. The van der Waals surface area contributed by atoms with Crippen LogP contribution in [0.4, 0.5) is 0 Å². The molecule has 2 heterocycles. The van der Waals surface area contributed by atoms with Crippen LogP contribution in [0, 0.1) is 0 Å². The van der Waals surface area contributed by atoms with Crippen LogP contribution in [0.25, 0.3) is 0 Å². The highest BCUT2D eigenvalue weighted by Gasteiger charge is 2.01. The normalized spacial score (nSPS) is 9.23. The molecule has 13 heavy (non-hydrogen) atoms. The van der Waals surface area contributed by atoms with Gasteiger partial charge in [-0.1, -0.05) is 6.07 Å². The average molecular weight is 197 g/mol.